The number of carbonyl (C=O) groups is 2. The molecule has 1 amide bonds. The van der Waals surface area contributed by atoms with Gasteiger partial charge >= 0.3 is 5.97 Å². The third-order valence-corrected chi connectivity index (χ3v) is 4.05. The van der Waals surface area contributed by atoms with Gasteiger partial charge in [0, 0.05) is 6.07 Å². The van der Waals surface area contributed by atoms with Crippen LogP contribution in [0.1, 0.15) is 10.4 Å². The molecule has 0 aromatic heterocycles. The van der Waals surface area contributed by atoms with Gasteiger partial charge in [0.2, 0.25) is 0 Å². The zero-order valence-corrected chi connectivity index (χ0v) is 16.4. The molecule has 0 spiro atoms. The van der Waals surface area contributed by atoms with Gasteiger partial charge in [-0.1, -0.05) is 24.3 Å². The van der Waals surface area contributed by atoms with E-state index in [4.69, 9.17) is 14.2 Å². The molecule has 0 bridgehead atoms. The number of hydrogen-bond donors (Lipinski definition) is 1. The Bertz CT molecular complexity index is 1100. The highest BCUT2D eigenvalue weighted by Crippen LogP contribution is 2.29. The molecule has 1 N–H and O–H groups in total. The summed E-state index contributed by atoms with van der Waals surface area (Å²) in [4.78, 5) is 34.7. The molecule has 158 valence electrons. The number of ether oxygens (including phenoxy) is 3. The number of nitrogens with zero attached hydrogens (tertiary/aromatic N) is 1. The maximum Gasteiger partial charge on any atom is 0.338 e. The number of benzene rings is 3. The van der Waals surface area contributed by atoms with Crippen LogP contribution in [-0.2, 0) is 9.53 Å². The number of methoxy groups -OCH3 is 1. The fourth-order valence-corrected chi connectivity index (χ4v) is 2.61. The second-order valence-electron chi connectivity index (χ2n) is 6.21. The van der Waals surface area contributed by atoms with Crippen molar-refractivity contribution in [1.82, 2.24) is 0 Å². The number of anilines is 1. The van der Waals surface area contributed by atoms with E-state index in [1.807, 2.05) is 18.2 Å². The molecule has 0 radical (unpaired) electrons. The van der Waals surface area contributed by atoms with Gasteiger partial charge in [-0.05, 0) is 36.4 Å². The van der Waals surface area contributed by atoms with Crippen molar-refractivity contribution in [2.45, 2.75) is 0 Å². The highest BCUT2D eigenvalue weighted by Gasteiger charge is 2.15. The topological polar surface area (TPSA) is 117 Å². The lowest BCUT2D eigenvalue weighted by Crippen LogP contribution is -2.21. The summed E-state index contributed by atoms with van der Waals surface area (Å²) < 4.78 is 15.8. The molecule has 31 heavy (non-hydrogen) atoms. The van der Waals surface area contributed by atoms with Gasteiger partial charge in [0.25, 0.3) is 11.6 Å². The minimum absolute atomic E-state index is 0.111. The van der Waals surface area contributed by atoms with E-state index in [9.17, 15) is 19.7 Å². The lowest BCUT2D eigenvalue weighted by molar-refractivity contribution is -0.384. The van der Waals surface area contributed by atoms with Crippen LogP contribution in [0.2, 0.25) is 0 Å². The second-order valence-corrected chi connectivity index (χ2v) is 6.21. The van der Waals surface area contributed by atoms with Crippen LogP contribution < -0.4 is 14.8 Å². The maximum atomic E-state index is 12.3. The van der Waals surface area contributed by atoms with Gasteiger partial charge in [0.15, 0.2) is 6.61 Å². The Morgan fingerprint density at radius 3 is 2.42 bits per heavy atom. The van der Waals surface area contributed by atoms with Gasteiger partial charge in [0.1, 0.15) is 17.2 Å². The molecule has 0 atom stereocenters. The van der Waals surface area contributed by atoms with Crippen molar-refractivity contribution < 1.29 is 28.7 Å². The third-order valence-electron chi connectivity index (χ3n) is 4.05. The lowest BCUT2D eigenvalue weighted by atomic mass is 10.2. The van der Waals surface area contributed by atoms with E-state index in [1.54, 1.807) is 24.3 Å². The predicted octanol–water partition coefficient (Wildman–Crippen LogP) is 4.19. The van der Waals surface area contributed by atoms with Crippen LogP contribution in [0, 0.1) is 10.1 Å². The number of non-ortho nitro benzene ring substituents is 1. The van der Waals surface area contributed by atoms with Crippen molar-refractivity contribution >= 4 is 23.3 Å². The summed E-state index contributed by atoms with van der Waals surface area (Å²) >= 11 is 0. The van der Waals surface area contributed by atoms with Crippen molar-refractivity contribution in [3.05, 3.63) is 88.5 Å². The average Bonchev–Trinajstić information content (AvgIpc) is 2.78. The summed E-state index contributed by atoms with van der Waals surface area (Å²) in [7, 11) is 1.32. The van der Waals surface area contributed by atoms with E-state index < -0.39 is 23.4 Å². The molecule has 0 heterocycles. The first-order valence-corrected chi connectivity index (χ1v) is 9.08. The first-order chi connectivity index (χ1) is 15.0. The van der Waals surface area contributed by atoms with Crippen molar-refractivity contribution in [2.75, 3.05) is 19.0 Å². The first-order valence-electron chi connectivity index (χ1n) is 9.08. The Kier molecular flexibility index (Phi) is 6.79. The van der Waals surface area contributed by atoms with Crippen LogP contribution >= 0.6 is 0 Å². The molecule has 9 nitrogen and oxygen atoms in total. The molecule has 0 aliphatic carbocycles. The number of nitro groups is 1. The predicted molar refractivity (Wildman–Crippen MR) is 112 cm³/mol. The number of hydrogen-bond acceptors (Lipinski definition) is 7. The van der Waals surface area contributed by atoms with Crippen LogP contribution in [0.25, 0.3) is 0 Å². The van der Waals surface area contributed by atoms with Crippen LogP contribution in [0.5, 0.6) is 17.2 Å². The van der Waals surface area contributed by atoms with Gasteiger partial charge in [-0.25, -0.2) is 4.79 Å². The average molecular weight is 422 g/mol. The summed E-state index contributed by atoms with van der Waals surface area (Å²) in [5.41, 5.74) is 0.250. The molecule has 3 aromatic rings. The van der Waals surface area contributed by atoms with Gasteiger partial charge in [-0.2, -0.15) is 0 Å². The Morgan fingerprint density at radius 2 is 1.71 bits per heavy atom. The molecule has 0 fully saturated rings. The number of carbonyl (C=O) groups excluding carboxylic acids is 2. The highest BCUT2D eigenvalue weighted by atomic mass is 16.6. The van der Waals surface area contributed by atoms with Crippen LogP contribution in [-0.4, -0.2) is 30.5 Å². The summed E-state index contributed by atoms with van der Waals surface area (Å²) in [5, 5.41) is 13.3. The Balaban J connectivity index is 1.59. The van der Waals surface area contributed by atoms with E-state index in [-0.39, 0.29) is 22.7 Å². The summed E-state index contributed by atoms with van der Waals surface area (Å²) in [5.74, 6) is -0.161. The minimum Gasteiger partial charge on any atom is -0.494 e. The van der Waals surface area contributed by atoms with E-state index in [2.05, 4.69) is 5.32 Å². The smallest absolute Gasteiger partial charge is 0.338 e. The number of rotatable bonds is 8. The van der Waals surface area contributed by atoms with Crippen molar-refractivity contribution in [1.29, 1.82) is 0 Å². The van der Waals surface area contributed by atoms with Crippen molar-refractivity contribution in [2.24, 2.45) is 0 Å². The van der Waals surface area contributed by atoms with Gasteiger partial charge in [0.05, 0.1) is 29.4 Å². The van der Waals surface area contributed by atoms with Crippen LogP contribution in [0.3, 0.4) is 0 Å². The van der Waals surface area contributed by atoms with Crippen molar-refractivity contribution in [3.8, 4) is 17.2 Å². The molecule has 3 aromatic carbocycles. The molecule has 0 saturated heterocycles. The van der Waals surface area contributed by atoms with Gasteiger partial charge in [-0.15, -0.1) is 0 Å². The largest absolute Gasteiger partial charge is 0.494 e. The number of esters is 1. The zero-order chi connectivity index (χ0) is 22.2. The SMILES string of the molecule is COc1cc([N+](=O)[O-])ccc1NC(=O)COC(=O)c1cccc(Oc2ccccc2)c1. The van der Waals surface area contributed by atoms with Gasteiger partial charge in [-0.3, -0.25) is 14.9 Å². The normalized spacial score (nSPS) is 10.1. The molecule has 0 unspecified atom stereocenters. The van der Waals surface area contributed by atoms with E-state index in [0.29, 0.717) is 11.5 Å². The number of amides is 1. The monoisotopic (exact) mass is 422 g/mol. The minimum atomic E-state index is -0.704. The fraction of sp³-hybridized carbons (Fsp3) is 0.0909. The van der Waals surface area contributed by atoms with Crippen LogP contribution in [0.15, 0.2) is 72.8 Å². The first kappa shape index (κ1) is 21.3. The fourth-order valence-electron chi connectivity index (χ4n) is 2.61. The van der Waals surface area contributed by atoms with Crippen LogP contribution in [0.4, 0.5) is 11.4 Å². The van der Waals surface area contributed by atoms with Gasteiger partial charge < -0.3 is 19.5 Å². The van der Waals surface area contributed by atoms with E-state index >= 15 is 0 Å². The van der Waals surface area contributed by atoms with E-state index in [0.717, 1.165) is 0 Å². The third kappa shape index (κ3) is 5.80. The van der Waals surface area contributed by atoms with Crippen molar-refractivity contribution in [3.63, 3.8) is 0 Å². The number of nitrogens with one attached hydrogen (secondary N) is 1. The van der Waals surface area contributed by atoms with E-state index in [1.165, 1.54) is 37.4 Å². The zero-order valence-electron chi connectivity index (χ0n) is 16.4. The highest BCUT2D eigenvalue weighted by molar-refractivity contribution is 5.96. The summed E-state index contributed by atoms with van der Waals surface area (Å²) in [6, 6.07) is 19.2. The number of nitro benzene ring substituents is 1. The summed E-state index contributed by atoms with van der Waals surface area (Å²) in [6.07, 6.45) is 0. The molecular formula is C22H18N2O7. The summed E-state index contributed by atoms with van der Waals surface area (Å²) in [6.45, 7) is -0.553. The molecule has 0 aliphatic rings. The molecule has 0 saturated carbocycles. The number of para-hydroxylation sites is 1. The molecular weight excluding hydrogens is 404 g/mol. The Hall–Kier alpha value is -4.40. The Morgan fingerprint density at radius 1 is 0.968 bits per heavy atom. The second kappa shape index (κ2) is 9.88. The molecule has 0 aliphatic heterocycles. The quantitative estimate of drug-likeness (QED) is 0.329. The molecule has 9 heteroatoms. The standard InChI is InChI=1S/C22H18N2O7/c1-29-20-13-16(24(27)28)10-11-19(20)23-21(25)14-30-22(26)15-6-5-9-18(12-15)31-17-7-3-2-4-8-17/h2-13H,14H2,1H3,(H,23,25). The lowest BCUT2D eigenvalue weighted by Gasteiger charge is -2.11. The Labute approximate surface area is 177 Å². The maximum absolute atomic E-state index is 12.3. The molecule has 3 rings (SSSR count).